The Labute approximate surface area is 367 Å². The van der Waals surface area contributed by atoms with Crippen molar-refractivity contribution in [2.24, 2.45) is 16.7 Å². The summed E-state index contributed by atoms with van der Waals surface area (Å²) in [5.41, 5.74) is 9.18. The predicted molar refractivity (Wildman–Crippen MR) is 235 cm³/mol. The summed E-state index contributed by atoms with van der Waals surface area (Å²) in [6, 6.07) is 7.72. The van der Waals surface area contributed by atoms with E-state index >= 15 is 8.78 Å². The standard InChI is InChI=1S/C40H40F3N11O3.C2H6.CH6N4/c1-4-56-27-18-50(3)38(55)34-16-26(57-40-44-11-10-31(47-40)28-12-23(42)14-32-35(28)51(20-27)21(2)46-32)19-52(34)36-29-17-45-54(33-9-8-22(41)13-30(33)43)37(29)49-39(48-36)53-24-6-5-7-25(53)15-24;1-2;2-1-4-5-3/h8-14,17,24-27,34H,4-7,15-16,18-20H2,1-3H3;1-2H3;1,5H,3H2,(H2,2,4). The monoisotopic (exact) mass is 883 g/mol. The lowest BCUT2D eigenvalue weighted by atomic mass is 9.80. The van der Waals surface area contributed by atoms with Gasteiger partial charge in [0.1, 0.15) is 47.4 Å². The molecule has 18 nitrogen and oxygen atoms in total. The van der Waals surface area contributed by atoms with Crippen LogP contribution >= 0.6 is 0 Å². The predicted octanol–water partition coefficient (Wildman–Crippen LogP) is 4.76. The molecule has 3 saturated heterocycles. The second kappa shape index (κ2) is 18.6. The van der Waals surface area contributed by atoms with E-state index in [2.05, 4.69) is 30.9 Å². The number of carbonyl (C=O) groups is 1. The summed E-state index contributed by atoms with van der Waals surface area (Å²) in [6.07, 6.45) is 7.61. The number of fused-ring (bicyclic) bond motifs is 8. The molecule has 0 spiro atoms. The molecule has 338 valence electrons. The Hall–Kier alpha value is -6.61. The van der Waals surface area contributed by atoms with Gasteiger partial charge in [-0.1, -0.05) is 13.8 Å². The van der Waals surface area contributed by atoms with Crippen LogP contribution in [0.1, 0.15) is 58.7 Å². The second-order valence-corrected chi connectivity index (χ2v) is 15.8. The average Bonchev–Trinajstić information content (AvgIpc) is 3.99. The number of rotatable bonds is 6. The van der Waals surface area contributed by atoms with Gasteiger partial charge in [-0.2, -0.15) is 25.2 Å². The van der Waals surface area contributed by atoms with Gasteiger partial charge in [0.2, 0.25) is 11.9 Å². The summed E-state index contributed by atoms with van der Waals surface area (Å²) in [7, 11) is 1.75. The molecule has 5 atom stereocenters. The van der Waals surface area contributed by atoms with Crippen molar-refractivity contribution in [3.05, 3.63) is 72.1 Å². The van der Waals surface area contributed by atoms with Gasteiger partial charge in [-0.25, -0.2) is 39.2 Å². The molecule has 3 fully saturated rings. The summed E-state index contributed by atoms with van der Waals surface area (Å²) in [5.74, 6) is 4.05. The average molecular weight is 884 g/mol. The van der Waals surface area contributed by atoms with Gasteiger partial charge in [-0.05, 0) is 63.8 Å². The van der Waals surface area contributed by atoms with E-state index < -0.39 is 35.7 Å². The molecule has 4 aliphatic rings. The number of hydrogen-bond acceptors (Lipinski definition) is 14. The minimum Gasteiger partial charge on any atom is -0.458 e. The maximum absolute atomic E-state index is 15.3. The first-order valence-corrected chi connectivity index (χ1v) is 21.5. The van der Waals surface area contributed by atoms with E-state index in [1.807, 2.05) is 42.7 Å². The number of nitrogens with two attached hydrogens (primary N) is 2. The number of imidazole rings is 1. The summed E-state index contributed by atoms with van der Waals surface area (Å²) in [5, 5.41) is 8.19. The van der Waals surface area contributed by atoms with Crippen LogP contribution in [0, 0.1) is 24.4 Å². The molecule has 2 aromatic carbocycles. The molecule has 6 aromatic rings. The number of benzene rings is 2. The number of nitrogens with one attached hydrogen (secondary N) is 1. The van der Waals surface area contributed by atoms with Crippen LogP contribution in [0.4, 0.5) is 24.9 Å². The van der Waals surface area contributed by atoms with Crippen LogP contribution in [0.2, 0.25) is 0 Å². The first-order chi connectivity index (χ1) is 31.0. The smallest absolute Gasteiger partial charge is 0.317 e. The zero-order valence-corrected chi connectivity index (χ0v) is 36.3. The topological polar surface area (TPSA) is 209 Å². The fraction of sp³-hybridized carbons (Fsp3) is 0.442. The fourth-order valence-corrected chi connectivity index (χ4v) is 9.29. The van der Waals surface area contributed by atoms with E-state index in [0.29, 0.717) is 64.1 Å². The normalized spacial score (nSPS) is 21.7. The number of piperidine rings is 1. The minimum absolute atomic E-state index is 0.0353. The first kappa shape index (κ1) is 44.0. The highest BCUT2D eigenvalue weighted by molar-refractivity contribution is 5.94. The van der Waals surface area contributed by atoms with Crippen LogP contribution in [-0.2, 0) is 16.1 Å². The number of carbonyl (C=O) groups excluding carboxylic acids is 1. The van der Waals surface area contributed by atoms with Crippen molar-refractivity contribution < 1.29 is 27.4 Å². The molecule has 6 bridgehead atoms. The van der Waals surface area contributed by atoms with Crippen molar-refractivity contribution in [3.63, 3.8) is 0 Å². The number of aryl methyl sites for hydroxylation is 1. The number of ether oxygens (including phenoxy) is 2. The summed E-state index contributed by atoms with van der Waals surface area (Å²) < 4.78 is 60.6. The number of likely N-dealkylation sites (N-methyl/N-ethyl adjacent to an activating group) is 1. The number of hydrazine groups is 1. The number of halogens is 3. The van der Waals surface area contributed by atoms with Gasteiger partial charge in [-0.15, -0.1) is 0 Å². The molecule has 21 heteroatoms. The van der Waals surface area contributed by atoms with Gasteiger partial charge in [0.25, 0.3) is 0 Å². The molecule has 8 heterocycles. The summed E-state index contributed by atoms with van der Waals surface area (Å²) in [4.78, 5) is 44.6. The molecule has 4 aromatic heterocycles. The van der Waals surface area contributed by atoms with Gasteiger partial charge >= 0.3 is 6.01 Å². The molecule has 0 aliphatic carbocycles. The van der Waals surface area contributed by atoms with Crippen LogP contribution in [0.25, 0.3) is 39.0 Å². The van der Waals surface area contributed by atoms with E-state index in [1.54, 1.807) is 30.4 Å². The molecule has 1 amide bonds. The van der Waals surface area contributed by atoms with Crippen molar-refractivity contribution in [2.75, 3.05) is 36.5 Å². The van der Waals surface area contributed by atoms with Crippen molar-refractivity contribution >= 4 is 46.1 Å². The molecular weight excluding hydrogens is 832 g/mol. The Morgan fingerprint density at radius 3 is 2.50 bits per heavy atom. The molecule has 4 aliphatic heterocycles. The van der Waals surface area contributed by atoms with Gasteiger partial charge in [0.05, 0.1) is 47.5 Å². The van der Waals surface area contributed by atoms with Crippen LogP contribution < -0.4 is 31.6 Å². The molecule has 5 N–H and O–H groups in total. The Morgan fingerprint density at radius 2 is 1.80 bits per heavy atom. The van der Waals surface area contributed by atoms with Gasteiger partial charge in [0.15, 0.2) is 11.5 Å². The lowest BCUT2D eigenvalue weighted by Gasteiger charge is -2.53. The lowest BCUT2D eigenvalue weighted by molar-refractivity contribution is -0.133. The number of amides is 1. The molecular formula is C43H52F3N15O3. The van der Waals surface area contributed by atoms with E-state index in [0.717, 1.165) is 38.1 Å². The van der Waals surface area contributed by atoms with Crippen molar-refractivity contribution in [3.8, 4) is 23.0 Å². The van der Waals surface area contributed by atoms with Gasteiger partial charge in [0, 0.05) is 62.6 Å². The minimum atomic E-state index is -0.789. The van der Waals surface area contributed by atoms with Crippen LogP contribution in [0.5, 0.6) is 6.01 Å². The number of aromatic nitrogens is 8. The van der Waals surface area contributed by atoms with Gasteiger partial charge < -0.3 is 34.5 Å². The third kappa shape index (κ3) is 8.31. The SMILES string of the molecule is CC.CCOC1CN(C)C(=O)C2CC(CN2c2nc(N3C4CCCC3C4)nc3c2cnn3-c2ccc(F)cc2F)Oc2nccc(n2)-c2cc(F)cc3nc(C)n(c23)C1.N/C=N\NN. The highest BCUT2D eigenvalue weighted by Gasteiger charge is 2.45. The van der Waals surface area contributed by atoms with Crippen LogP contribution in [-0.4, -0.2) is 113 Å². The van der Waals surface area contributed by atoms with Crippen molar-refractivity contribution in [1.29, 1.82) is 0 Å². The van der Waals surface area contributed by atoms with Crippen LogP contribution in [0.3, 0.4) is 0 Å². The van der Waals surface area contributed by atoms with E-state index in [-0.39, 0.29) is 49.2 Å². The molecule has 0 saturated carbocycles. The fourth-order valence-electron chi connectivity index (χ4n) is 9.29. The number of hydrogen-bond donors (Lipinski definition) is 3. The Balaban J connectivity index is 0.000000750. The molecule has 10 rings (SSSR count). The van der Waals surface area contributed by atoms with Crippen molar-refractivity contribution in [1.82, 2.24) is 49.7 Å². The van der Waals surface area contributed by atoms with Crippen LogP contribution in [0.15, 0.2) is 53.9 Å². The zero-order chi connectivity index (χ0) is 45.2. The summed E-state index contributed by atoms with van der Waals surface area (Å²) >= 11 is 0. The maximum atomic E-state index is 15.3. The second-order valence-electron chi connectivity index (χ2n) is 15.8. The number of nitrogens with zero attached hydrogens (tertiary/aromatic N) is 12. The first-order valence-electron chi connectivity index (χ1n) is 21.5. The number of anilines is 2. The third-order valence-corrected chi connectivity index (χ3v) is 12.0. The lowest BCUT2D eigenvalue weighted by Crippen LogP contribution is -2.59. The quantitative estimate of drug-likeness (QED) is 0.0893. The van der Waals surface area contributed by atoms with Gasteiger partial charge in [-0.3, -0.25) is 4.79 Å². The largest absolute Gasteiger partial charge is 0.458 e. The Kier molecular flexibility index (Phi) is 12.8. The number of hydrazone groups is 1. The van der Waals surface area contributed by atoms with E-state index in [4.69, 9.17) is 30.2 Å². The molecule has 0 radical (unpaired) electrons. The molecule has 64 heavy (non-hydrogen) atoms. The highest BCUT2D eigenvalue weighted by atomic mass is 19.1. The maximum Gasteiger partial charge on any atom is 0.317 e. The third-order valence-electron chi connectivity index (χ3n) is 12.0. The van der Waals surface area contributed by atoms with E-state index in [1.165, 1.54) is 28.9 Å². The highest BCUT2D eigenvalue weighted by Crippen LogP contribution is 2.43. The summed E-state index contributed by atoms with van der Waals surface area (Å²) in [6.45, 7) is 8.97. The Morgan fingerprint density at radius 1 is 1.00 bits per heavy atom. The zero-order valence-electron chi connectivity index (χ0n) is 36.3. The van der Waals surface area contributed by atoms with E-state index in [9.17, 15) is 9.18 Å². The molecule has 5 unspecified atom stereocenters. The van der Waals surface area contributed by atoms with Crippen molar-refractivity contribution in [2.45, 2.75) is 96.7 Å². The Bertz CT molecular complexity index is 2660.